The molecule has 0 saturated carbocycles. The number of piperazine rings is 1. The zero-order valence-electron chi connectivity index (χ0n) is 13.6. The third-order valence-corrected chi connectivity index (χ3v) is 5.08. The lowest BCUT2D eigenvalue weighted by molar-refractivity contribution is 0.113. The number of nitrogens with zero attached hydrogens (tertiary/aromatic N) is 5. The van der Waals surface area contributed by atoms with Gasteiger partial charge in [0.2, 0.25) is 0 Å². The molecule has 4 heterocycles. The van der Waals surface area contributed by atoms with Crippen LogP contribution in [0.25, 0.3) is 0 Å². The second-order valence-electron chi connectivity index (χ2n) is 6.74. The number of rotatable bonds is 5. The topological polar surface area (TPSA) is 37.2 Å². The highest BCUT2D eigenvalue weighted by Crippen LogP contribution is 2.33. The second kappa shape index (κ2) is 6.22. The van der Waals surface area contributed by atoms with E-state index in [4.69, 9.17) is 0 Å². The molecule has 2 bridgehead atoms. The molecule has 4 rings (SSSR count). The number of aryl methyl sites for hydroxylation is 1. The van der Waals surface area contributed by atoms with Crippen LogP contribution in [0.2, 0.25) is 0 Å². The minimum absolute atomic E-state index is 0.0781. The maximum atomic E-state index is 13.1. The molecule has 0 aromatic carbocycles. The summed E-state index contributed by atoms with van der Waals surface area (Å²) >= 11 is 0. The number of hydrogen-bond acceptors (Lipinski definition) is 4. The van der Waals surface area contributed by atoms with Gasteiger partial charge in [-0.15, -0.1) is 0 Å². The van der Waals surface area contributed by atoms with Crippen molar-refractivity contribution in [3.63, 3.8) is 0 Å². The van der Waals surface area contributed by atoms with Crippen molar-refractivity contribution in [1.82, 2.24) is 24.6 Å². The molecule has 2 aromatic rings. The Bertz CT molecular complexity index is 702. The van der Waals surface area contributed by atoms with Crippen LogP contribution in [0.15, 0.2) is 30.6 Å². The Balaban J connectivity index is 1.40. The van der Waals surface area contributed by atoms with Crippen molar-refractivity contribution >= 4 is 0 Å². The fourth-order valence-corrected chi connectivity index (χ4v) is 4.00. The van der Waals surface area contributed by atoms with Crippen LogP contribution in [0.1, 0.15) is 29.8 Å². The average molecular weight is 333 g/mol. The monoisotopic (exact) mass is 333 g/mol. The molecule has 5 nitrogen and oxygen atoms in total. The van der Waals surface area contributed by atoms with Gasteiger partial charge in [0, 0.05) is 63.3 Å². The Kier molecular flexibility index (Phi) is 4.05. The van der Waals surface area contributed by atoms with E-state index in [1.807, 2.05) is 24.4 Å². The van der Waals surface area contributed by atoms with Gasteiger partial charge in [0.05, 0.1) is 5.69 Å². The van der Waals surface area contributed by atoms with Gasteiger partial charge in [0.1, 0.15) is 5.69 Å². The van der Waals surface area contributed by atoms with E-state index in [1.165, 1.54) is 4.68 Å². The van der Waals surface area contributed by atoms with Crippen molar-refractivity contribution < 1.29 is 8.78 Å². The molecule has 2 aliphatic heterocycles. The van der Waals surface area contributed by atoms with Crippen molar-refractivity contribution in [2.75, 3.05) is 13.1 Å². The van der Waals surface area contributed by atoms with Gasteiger partial charge in [-0.25, -0.2) is 8.78 Å². The second-order valence-corrected chi connectivity index (χ2v) is 6.74. The van der Waals surface area contributed by atoms with Gasteiger partial charge >= 0.3 is 0 Å². The van der Waals surface area contributed by atoms with E-state index < -0.39 is 6.43 Å². The summed E-state index contributed by atoms with van der Waals surface area (Å²) in [5.41, 5.74) is 1.66. The minimum Gasteiger partial charge on any atom is -0.293 e. The lowest BCUT2D eigenvalue weighted by Crippen LogP contribution is -2.45. The Morgan fingerprint density at radius 2 is 1.92 bits per heavy atom. The summed E-state index contributed by atoms with van der Waals surface area (Å²) in [6.07, 6.45) is 2.14. The largest absolute Gasteiger partial charge is 0.293 e. The predicted molar refractivity (Wildman–Crippen MR) is 85.4 cm³/mol. The number of hydrogen-bond donors (Lipinski definition) is 0. The van der Waals surface area contributed by atoms with Crippen LogP contribution < -0.4 is 0 Å². The lowest BCUT2D eigenvalue weighted by atomic mass is 10.2. The van der Waals surface area contributed by atoms with Crippen LogP contribution in [0.4, 0.5) is 8.78 Å². The van der Waals surface area contributed by atoms with Gasteiger partial charge in [-0.2, -0.15) is 5.10 Å². The normalized spacial score (nSPS) is 24.3. The summed E-state index contributed by atoms with van der Waals surface area (Å²) in [7, 11) is 1.69. The number of halogens is 2. The van der Waals surface area contributed by atoms with E-state index in [0.717, 1.165) is 31.7 Å². The van der Waals surface area contributed by atoms with Crippen molar-refractivity contribution in [1.29, 1.82) is 0 Å². The van der Waals surface area contributed by atoms with Crippen molar-refractivity contribution in [3.05, 3.63) is 47.5 Å². The first-order valence-corrected chi connectivity index (χ1v) is 8.28. The van der Waals surface area contributed by atoms with Crippen molar-refractivity contribution in [2.45, 2.75) is 38.0 Å². The maximum Gasteiger partial charge on any atom is 0.282 e. The van der Waals surface area contributed by atoms with Crippen molar-refractivity contribution in [2.24, 2.45) is 7.05 Å². The Morgan fingerprint density at radius 1 is 1.17 bits per heavy atom. The molecule has 0 radical (unpaired) electrons. The third kappa shape index (κ3) is 2.93. The highest BCUT2D eigenvalue weighted by Gasteiger charge is 2.43. The van der Waals surface area contributed by atoms with Crippen LogP contribution in [-0.2, 0) is 20.1 Å². The van der Waals surface area contributed by atoms with Crippen LogP contribution in [0, 0.1) is 0 Å². The molecule has 0 aliphatic carbocycles. The molecule has 2 aliphatic rings. The van der Waals surface area contributed by atoms with Crippen molar-refractivity contribution in [3.8, 4) is 0 Å². The van der Waals surface area contributed by atoms with Gasteiger partial charge < -0.3 is 0 Å². The SMILES string of the molecule is Cn1cc(CN2CC3CC2CN3Cc2ccccn2)c(C(F)F)n1. The molecule has 0 N–H and O–H groups in total. The van der Waals surface area contributed by atoms with Crippen LogP contribution in [0.5, 0.6) is 0 Å². The quantitative estimate of drug-likeness (QED) is 0.841. The smallest absolute Gasteiger partial charge is 0.282 e. The number of fused-ring (bicyclic) bond motifs is 2. The first-order valence-electron chi connectivity index (χ1n) is 8.28. The maximum absolute atomic E-state index is 13.1. The fourth-order valence-electron chi connectivity index (χ4n) is 4.00. The summed E-state index contributed by atoms with van der Waals surface area (Å²) in [6.45, 7) is 3.33. The fraction of sp³-hybridized carbons (Fsp3) is 0.529. The summed E-state index contributed by atoms with van der Waals surface area (Å²) in [4.78, 5) is 9.18. The minimum atomic E-state index is -2.51. The first kappa shape index (κ1) is 15.7. The van der Waals surface area contributed by atoms with Gasteiger partial charge in [-0.05, 0) is 18.6 Å². The van der Waals surface area contributed by atoms with Crippen LogP contribution in [0.3, 0.4) is 0 Å². The molecule has 0 spiro atoms. The van der Waals surface area contributed by atoms with Gasteiger partial charge in [-0.3, -0.25) is 19.5 Å². The molecule has 7 heteroatoms. The summed E-state index contributed by atoms with van der Waals surface area (Å²) in [6, 6.07) is 6.91. The van der Waals surface area contributed by atoms with Gasteiger partial charge in [-0.1, -0.05) is 6.07 Å². The average Bonchev–Trinajstić information content (AvgIpc) is 3.23. The van der Waals surface area contributed by atoms with Gasteiger partial charge in [0.25, 0.3) is 6.43 Å². The summed E-state index contributed by atoms with van der Waals surface area (Å²) in [5.74, 6) is 0. The summed E-state index contributed by atoms with van der Waals surface area (Å²) in [5, 5.41) is 3.91. The lowest BCUT2D eigenvalue weighted by Gasteiger charge is -2.33. The molecular formula is C17H21F2N5. The molecule has 128 valence electrons. The molecule has 2 fully saturated rings. The van der Waals surface area contributed by atoms with E-state index in [2.05, 4.69) is 19.9 Å². The number of alkyl halides is 2. The van der Waals surface area contributed by atoms with E-state index in [9.17, 15) is 8.78 Å². The molecule has 2 unspecified atom stereocenters. The number of pyridine rings is 1. The Labute approximate surface area is 139 Å². The Morgan fingerprint density at radius 3 is 2.54 bits per heavy atom. The van der Waals surface area contributed by atoms with Gasteiger partial charge in [0.15, 0.2) is 0 Å². The molecule has 2 atom stereocenters. The number of likely N-dealkylation sites (tertiary alicyclic amines) is 2. The Hall–Kier alpha value is -1.86. The van der Waals surface area contributed by atoms with E-state index in [1.54, 1.807) is 13.2 Å². The first-order chi connectivity index (χ1) is 11.6. The molecule has 0 amide bonds. The predicted octanol–water partition coefficient (Wildman–Crippen LogP) is 2.21. The molecular weight excluding hydrogens is 312 g/mol. The van der Waals surface area contributed by atoms with E-state index >= 15 is 0 Å². The summed E-state index contributed by atoms with van der Waals surface area (Å²) < 4.78 is 27.7. The standard InChI is InChI=1S/C17H21F2N5/c1-22-7-12(16(21-22)17(18)19)8-23-10-15-6-14(23)11-24(15)9-13-4-2-3-5-20-13/h2-5,7,14-15,17H,6,8-11H2,1H3. The zero-order valence-corrected chi connectivity index (χ0v) is 13.6. The van der Waals surface area contributed by atoms with Crippen LogP contribution >= 0.6 is 0 Å². The highest BCUT2D eigenvalue weighted by molar-refractivity contribution is 5.19. The highest BCUT2D eigenvalue weighted by atomic mass is 19.3. The van der Waals surface area contributed by atoms with Crippen LogP contribution in [-0.4, -0.2) is 49.7 Å². The molecule has 2 aromatic heterocycles. The van der Waals surface area contributed by atoms with E-state index in [0.29, 0.717) is 24.2 Å². The number of aromatic nitrogens is 3. The molecule has 2 saturated heterocycles. The third-order valence-electron chi connectivity index (χ3n) is 5.08. The van der Waals surface area contributed by atoms with E-state index in [-0.39, 0.29) is 5.69 Å². The zero-order chi connectivity index (χ0) is 16.7. The molecule has 24 heavy (non-hydrogen) atoms.